The normalized spacial score (nSPS) is 12.2. The fraction of sp³-hybridized carbons (Fsp3) is 0.708. The minimum atomic E-state index is 0.0924. The number of hydrogen-bond donors (Lipinski definition) is 0. The Balaban J connectivity index is 2.08. The first-order chi connectivity index (χ1) is 12.8. The second kappa shape index (κ2) is 16.1. The second-order valence-corrected chi connectivity index (χ2v) is 7.48. The van der Waals surface area contributed by atoms with Gasteiger partial charge in [-0.3, -0.25) is 4.79 Å². The van der Waals surface area contributed by atoms with Crippen LogP contribution >= 0.6 is 0 Å². The maximum atomic E-state index is 12.2. The van der Waals surface area contributed by atoms with Crippen LogP contribution in [0.15, 0.2) is 30.3 Å². The topological polar surface area (TPSA) is 26.3 Å². The summed E-state index contributed by atoms with van der Waals surface area (Å²) in [5, 5.41) is 0. The molecule has 1 aromatic carbocycles. The molecular weight excluding hydrogens is 320 g/mol. The summed E-state index contributed by atoms with van der Waals surface area (Å²) >= 11 is 0. The number of carbonyl (C=O) groups is 1. The fourth-order valence-electron chi connectivity index (χ4n) is 3.39. The number of carbonyl (C=O) groups excluding carboxylic acids is 1. The first-order valence-electron chi connectivity index (χ1n) is 11.0. The zero-order valence-corrected chi connectivity index (χ0v) is 17.2. The molecular formula is C24H40O2. The van der Waals surface area contributed by atoms with Crippen LogP contribution in [-0.4, -0.2) is 18.5 Å². The molecule has 0 heterocycles. The molecule has 0 saturated heterocycles. The molecule has 0 bridgehead atoms. The average Bonchev–Trinajstić information content (AvgIpc) is 2.67. The number of rotatable bonds is 17. The molecule has 0 amide bonds. The van der Waals surface area contributed by atoms with Crippen molar-refractivity contribution in [3.8, 4) is 0 Å². The van der Waals surface area contributed by atoms with E-state index in [2.05, 4.69) is 13.8 Å². The van der Waals surface area contributed by atoms with Crippen molar-refractivity contribution in [2.45, 2.75) is 103 Å². The molecule has 2 nitrogen and oxygen atoms in total. The lowest BCUT2D eigenvalue weighted by Crippen LogP contribution is -2.18. The van der Waals surface area contributed by atoms with Crippen molar-refractivity contribution in [1.29, 1.82) is 0 Å². The molecule has 0 aromatic heterocycles. The van der Waals surface area contributed by atoms with Gasteiger partial charge in [-0.2, -0.15) is 0 Å². The van der Waals surface area contributed by atoms with Crippen LogP contribution in [0.5, 0.6) is 0 Å². The summed E-state index contributed by atoms with van der Waals surface area (Å²) in [6.45, 7) is 4.67. The standard InChI is InChI=1S/C24H40O2/c1-3-5-6-7-8-9-10-11-12-16-20-23(17-4-2)26-21-24(25)22-18-14-13-15-19-22/h13-15,18-19,23H,3-12,16-17,20-21H2,1-2H3. The van der Waals surface area contributed by atoms with Crippen LogP contribution in [0.3, 0.4) is 0 Å². The molecule has 0 radical (unpaired) electrons. The predicted molar refractivity (Wildman–Crippen MR) is 112 cm³/mol. The monoisotopic (exact) mass is 360 g/mol. The van der Waals surface area contributed by atoms with Gasteiger partial charge in [0.25, 0.3) is 0 Å². The summed E-state index contributed by atoms with van der Waals surface area (Å²) < 4.78 is 5.93. The van der Waals surface area contributed by atoms with Gasteiger partial charge in [0.15, 0.2) is 5.78 Å². The molecule has 1 rings (SSSR count). The highest BCUT2D eigenvalue weighted by Gasteiger charge is 2.12. The van der Waals surface area contributed by atoms with Gasteiger partial charge in [0, 0.05) is 5.56 Å². The quantitative estimate of drug-likeness (QED) is 0.214. The Hall–Kier alpha value is -1.15. The molecule has 2 heteroatoms. The Morgan fingerprint density at radius 3 is 1.92 bits per heavy atom. The zero-order valence-electron chi connectivity index (χ0n) is 17.2. The van der Waals surface area contributed by atoms with E-state index < -0.39 is 0 Å². The summed E-state index contributed by atoms with van der Waals surface area (Å²) in [6.07, 6.45) is 17.1. The number of ketones is 1. The summed E-state index contributed by atoms with van der Waals surface area (Å²) in [5.74, 6) is 0.0924. The van der Waals surface area contributed by atoms with Crippen LogP contribution in [-0.2, 0) is 4.74 Å². The van der Waals surface area contributed by atoms with E-state index in [4.69, 9.17) is 4.74 Å². The molecule has 0 N–H and O–H groups in total. The van der Waals surface area contributed by atoms with E-state index in [-0.39, 0.29) is 18.5 Å². The van der Waals surface area contributed by atoms with E-state index in [0.717, 1.165) is 24.8 Å². The van der Waals surface area contributed by atoms with Crippen LogP contribution in [0.1, 0.15) is 108 Å². The van der Waals surface area contributed by atoms with Gasteiger partial charge >= 0.3 is 0 Å². The largest absolute Gasteiger partial charge is 0.370 e. The second-order valence-electron chi connectivity index (χ2n) is 7.48. The molecule has 0 saturated carbocycles. The van der Waals surface area contributed by atoms with Gasteiger partial charge in [0.05, 0.1) is 6.10 Å². The van der Waals surface area contributed by atoms with Crippen LogP contribution in [0.2, 0.25) is 0 Å². The van der Waals surface area contributed by atoms with Gasteiger partial charge in [-0.05, 0) is 12.8 Å². The Bertz CT molecular complexity index is 441. The summed E-state index contributed by atoms with van der Waals surface area (Å²) in [4.78, 5) is 12.2. The number of hydrogen-bond acceptors (Lipinski definition) is 2. The van der Waals surface area contributed by atoms with Crippen LogP contribution in [0.4, 0.5) is 0 Å². The third-order valence-electron chi connectivity index (χ3n) is 5.04. The van der Waals surface area contributed by atoms with Crippen molar-refractivity contribution in [3.63, 3.8) is 0 Å². The molecule has 1 unspecified atom stereocenters. The molecule has 0 fully saturated rings. The molecule has 0 aliphatic carbocycles. The van der Waals surface area contributed by atoms with Crippen LogP contribution in [0.25, 0.3) is 0 Å². The number of unbranched alkanes of at least 4 members (excludes halogenated alkanes) is 9. The minimum Gasteiger partial charge on any atom is -0.370 e. The van der Waals surface area contributed by atoms with Crippen molar-refractivity contribution in [2.75, 3.05) is 6.61 Å². The first-order valence-corrected chi connectivity index (χ1v) is 11.0. The third-order valence-corrected chi connectivity index (χ3v) is 5.04. The highest BCUT2D eigenvalue weighted by Crippen LogP contribution is 2.15. The van der Waals surface area contributed by atoms with E-state index in [1.807, 2.05) is 30.3 Å². The average molecular weight is 361 g/mol. The van der Waals surface area contributed by atoms with Gasteiger partial charge in [-0.25, -0.2) is 0 Å². The number of Topliss-reactive ketones (excluding diaryl/α,β-unsaturated/α-hetero) is 1. The molecule has 148 valence electrons. The SMILES string of the molecule is CCCCCCCCCCCCC(CCC)OCC(=O)c1ccccc1. The van der Waals surface area contributed by atoms with E-state index in [0.29, 0.717) is 0 Å². The minimum absolute atomic E-state index is 0.0924. The summed E-state index contributed by atoms with van der Waals surface area (Å²) in [5.41, 5.74) is 0.752. The molecule has 0 aliphatic heterocycles. The van der Waals surface area contributed by atoms with Crippen molar-refractivity contribution < 1.29 is 9.53 Å². The Morgan fingerprint density at radius 2 is 1.35 bits per heavy atom. The molecule has 0 aliphatic rings. The third kappa shape index (κ3) is 11.5. The molecule has 26 heavy (non-hydrogen) atoms. The Kier molecular flexibility index (Phi) is 14.1. The van der Waals surface area contributed by atoms with E-state index >= 15 is 0 Å². The van der Waals surface area contributed by atoms with Crippen molar-refractivity contribution in [2.24, 2.45) is 0 Å². The predicted octanol–water partition coefficient (Wildman–Crippen LogP) is 7.37. The lowest BCUT2D eigenvalue weighted by atomic mass is 10.0. The van der Waals surface area contributed by atoms with E-state index in [9.17, 15) is 4.79 Å². The van der Waals surface area contributed by atoms with Crippen molar-refractivity contribution in [1.82, 2.24) is 0 Å². The van der Waals surface area contributed by atoms with Gasteiger partial charge in [0.1, 0.15) is 6.61 Å². The highest BCUT2D eigenvalue weighted by molar-refractivity contribution is 5.96. The maximum absolute atomic E-state index is 12.2. The summed E-state index contributed by atoms with van der Waals surface area (Å²) in [6, 6.07) is 9.47. The van der Waals surface area contributed by atoms with Crippen LogP contribution < -0.4 is 0 Å². The van der Waals surface area contributed by atoms with Gasteiger partial charge in [-0.1, -0.05) is 115 Å². The molecule has 1 atom stereocenters. The Labute approximate surface area is 161 Å². The van der Waals surface area contributed by atoms with Crippen molar-refractivity contribution >= 4 is 5.78 Å². The smallest absolute Gasteiger partial charge is 0.188 e. The Morgan fingerprint density at radius 1 is 0.769 bits per heavy atom. The number of benzene rings is 1. The fourth-order valence-corrected chi connectivity index (χ4v) is 3.39. The van der Waals surface area contributed by atoms with Gasteiger partial charge < -0.3 is 4.74 Å². The van der Waals surface area contributed by atoms with Gasteiger partial charge in [0.2, 0.25) is 0 Å². The maximum Gasteiger partial charge on any atom is 0.188 e. The lowest BCUT2D eigenvalue weighted by molar-refractivity contribution is 0.0363. The van der Waals surface area contributed by atoms with Gasteiger partial charge in [-0.15, -0.1) is 0 Å². The van der Waals surface area contributed by atoms with E-state index in [1.54, 1.807) is 0 Å². The molecule has 0 spiro atoms. The van der Waals surface area contributed by atoms with E-state index in [1.165, 1.54) is 64.2 Å². The van der Waals surface area contributed by atoms with Crippen molar-refractivity contribution in [3.05, 3.63) is 35.9 Å². The zero-order chi connectivity index (χ0) is 18.9. The van der Waals surface area contributed by atoms with Crippen LogP contribution in [0, 0.1) is 0 Å². The summed E-state index contributed by atoms with van der Waals surface area (Å²) in [7, 11) is 0. The first kappa shape index (κ1) is 22.9. The number of ether oxygens (including phenoxy) is 1. The highest BCUT2D eigenvalue weighted by atomic mass is 16.5. The lowest BCUT2D eigenvalue weighted by Gasteiger charge is -2.17. The molecule has 1 aromatic rings.